The zero-order valence-electron chi connectivity index (χ0n) is 20.1. The smallest absolute Gasteiger partial charge is 0.408 e. The van der Waals surface area contributed by atoms with Crippen LogP contribution in [0.1, 0.15) is 38.3 Å². The van der Waals surface area contributed by atoms with E-state index in [0.717, 1.165) is 22.4 Å². The largest absolute Gasteiger partial charge is 0.465 e. The molecule has 0 spiro atoms. The lowest BCUT2D eigenvalue weighted by Crippen LogP contribution is -2.57. The maximum Gasteiger partial charge on any atom is 0.408 e. The Hall–Kier alpha value is -3.22. The highest BCUT2D eigenvalue weighted by Gasteiger charge is 2.37. The summed E-state index contributed by atoms with van der Waals surface area (Å²) in [6.07, 6.45) is 1.10. The second-order valence-corrected chi connectivity index (χ2v) is 9.76. The lowest BCUT2D eigenvalue weighted by molar-refractivity contribution is 0.00174. The van der Waals surface area contributed by atoms with E-state index in [1.807, 2.05) is 93.6 Å². The number of nitrogens with two attached hydrogens (primary N) is 1. The zero-order chi connectivity index (χ0) is 24.7. The summed E-state index contributed by atoms with van der Waals surface area (Å²) in [5.74, 6) is 0. The number of rotatable bonds is 9. The van der Waals surface area contributed by atoms with Crippen LogP contribution in [0.15, 0.2) is 79.0 Å². The molecule has 0 saturated heterocycles. The molecule has 1 amide bonds. The Morgan fingerprint density at radius 2 is 1.56 bits per heavy atom. The van der Waals surface area contributed by atoms with Crippen LogP contribution in [-0.4, -0.2) is 49.9 Å². The van der Waals surface area contributed by atoms with E-state index in [4.69, 9.17) is 5.73 Å². The molecule has 1 heterocycles. The number of amides is 1. The fraction of sp³-hybridized carbons (Fsp3) is 0.357. The molecular weight excluding hydrogens is 426 g/mol. The number of carboxylic acid groups (broad SMARTS) is 1. The molecular formula is C28H35N3O3. The van der Waals surface area contributed by atoms with E-state index in [0.29, 0.717) is 19.3 Å². The van der Waals surface area contributed by atoms with Gasteiger partial charge < -0.3 is 15.9 Å². The molecule has 0 fully saturated rings. The van der Waals surface area contributed by atoms with E-state index in [2.05, 4.69) is 4.98 Å². The average Bonchev–Trinajstić information content (AvgIpc) is 2.79. The van der Waals surface area contributed by atoms with Crippen molar-refractivity contribution < 1.29 is 15.0 Å². The van der Waals surface area contributed by atoms with Gasteiger partial charge in [0.05, 0.1) is 17.8 Å². The fourth-order valence-corrected chi connectivity index (χ4v) is 4.38. The highest BCUT2D eigenvalue weighted by molar-refractivity contribution is 5.66. The first-order valence-electron chi connectivity index (χ1n) is 11.7. The minimum atomic E-state index is -1.05. The van der Waals surface area contributed by atoms with E-state index < -0.39 is 23.8 Å². The summed E-state index contributed by atoms with van der Waals surface area (Å²) in [7, 11) is 0. The molecule has 0 bridgehead atoms. The molecule has 1 aromatic heterocycles. The Morgan fingerprint density at radius 3 is 2.12 bits per heavy atom. The summed E-state index contributed by atoms with van der Waals surface area (Å²) < 4.78 is 0. The molecule has 3 rings (SSSR count). The van der Waals surface area contributed by atoms with Gasteiger partial charge in [0.1, 0.15) is 0 Å². The number of aromatic nitrogens is 1. The molecule has 0 aliphatic rings. The van der Waals surface area contributed by atoms with E-state index in [-0.39, 0.29) is 6.04 Å². The molecule has 1 unspecified atom stereocenters. The lowest BCUT2D eigenvalue weighted by atomic mass is 9.90. The third-order valence-corrected chi connectivity index (χ3v) is 5.95. The minimum Gasteiger partial charge on any atom is -0.465 e. The molecule has 3 atom stereocenters. The normalized spacial score (nSPS) is 14.3. The van der Waals surface area contributed by atoms with Crippen LogP contribution >= 0.6 is 0 Å². The van der Waals surface area contributed by atoms with Crippen LogP contribution < -0.4 is 5.73 Å². The molecule has 6 nitrogen and oxygen atoms in total. The van der Waals surface area contributed by atoms with Crippen LogP contribution in [0.4, 0.5) is 4.79 Å². The Bertz CT molecular complexity index is 1030. The topological polar surface area (TPSA) is 99.7 Å². The number of carbonyl (C=O) groups is 1. The Labute approximate surface area is 202 Å². The molecule has 180 valence electrons. The molecule has 0 radical (unpaired) electrons. The summed E-state index contributed by atoms with van der Waals surface area (Å²) in [6.45, 7) is 5.53. The van der Waals surface area contributed by atoms with Crippen molar-refractivity contribution in [1.29, 1.82) is 0 Å². The van der Waals surface area contributed by atoms with Crippen molar-refractivity contribution >= 4 is 6.09 Å². The van der Waals surface area contributed by atoms with E-state index >= 15 is 0 Å². The number of benzene rings is 2. The molecule has 4 N–H and O–H groups in total. The van der Waals surface area contributed by atoms with Crippen molar-refractivity contribution in [2.75, 3.05) is 0 Å². The SMILES string of the molecule is CC(C)(C)N(C(=O)O)[C@@H](Cc1ccccc1)[C@H](O)CC(N)Cc1ccc(-c2ccccn2)cc1. The number of nitrogens with zero attached hydrogens (tertiary/aromatic N) is 2. The van der Waals surface area contributed by atoms with Crippen molar-refractivity contribution in [1.82, 2.24) is 9.88 Å². The summed E-state index contributed by atoms with van der Waals surface area (Å²) in [5.41, 5.74) is 9.74. The third kappa shape index (κ3) is 6.89. The molecule has 2 aromatic carbocycles. The van der Waals surface area contributed by atoms with Crippen LogP contribution in [0.2, 0.25) is 0 Å². The van der Waals surface area contributed by atoms with Gasteiger partial charge >= 0.3 is 6.09 Å². The van der Waals surface area contributed by atoms with Gasteiger partial charge in [-0.25, -0.2) is 4.79 Å². The highest BCUT2D eigenvalue weighted by Crippen LogP contribution is 2.25. The van der Waals surface area contributed by atoms with Crippen LogP contribution in [-0.2, 0) is 12.8 Å². The molecule has 34 heavy (non-hydrogen) atoms. The molecule has 0 aliphatic carbocycles. The van der Waals surface area contributed by atoms with Gasteiger partial charge in [-0.05, 0) is 63.3 Å². The maximum absolute atomic E-state index is 12.2. The van der Waals surface area contributed by atoms with E-state index in [1.165, 1.54) is 4.90 Å². The summed E-state index contributed by atoms with van der Waals surface area (Å²) in [5, 5.41) is 21.2. The summed E-state index contributed by atoms with van der Waals surface area (Å²) in [6, 6.07) is 22.6. The number of pyridine rings is 1. The van der Waals surface area contributed by atoms with Gasteiger partial charge in [0.2, 0.25) is 0 Å². The lowest BCUT2D eigenvalue weighted by Gasteiger charge is -2.42. The second kappa shape index (κ2) is 11.3. The van der Waals surface area contributed by atoms with Crippen LogP contribution in [0.25, 0.3) is 11.3 Å². The van der Waals surface area contributed by atoms with E-state index in [1.54, 1.807) is 6.20 Å². The Balaban J connectivity index is 1.72. The molecule has 0 aliphatic heterocycles. The first kappa shape index (κ1) is 25.4. The van der Waals surface area contributed by atoms with Crippen molar-refractivity contribution in [2.24, 2.45) is 5.73 Å². The van der Waals surface area contributed by atoms with Gasteiger partial charge in [-0.3, -0.25) is 9.88 Å². The van der Waals surface area contributed by atoms with Gasteiger partial charge in [0.25, 0.3) is 0 Å². The average molecular weight is 462 g/mol. The monoisotopic (exact) mass is 461 g/mol. The predicted molar refractivity (Wildman–Crippen MR) is 136 cm³/mol. The first-order chi connectivity index (χ1) is 16.1. The van der Waals surface area contributed by atoms with Crippen molar-refractivity contribution in [2.45, 2.75) is 63.8 Å². The van der Waals surface area contributed by atoms with Crippen molar-refractivity contribution in [3.05, 3.63) is 90.1 Å². The summed E-state index contributed by atoms with van der Waals surface area (Å²) in [4.78, 5) is 17.9. The number of hydrogen-bond acceptors (Lipinski definition) is 4. The maximum atomic E-state index is 12.2. The van der Waals surface area contributed by atoms with Gasteiger partial charge in [-0.2, -0.15) is 0 Å². The van der Waals surface area contributed by atoms with Gasteiger partial charge in [-0.1, -0.05) is 60.7 Å². The fourth-order valence-electron chi connectivity index (χ4n) is 4.38. The summed E-state index contributed by atoms with van der Waals surface area (Å²) >= 11 is 0. The number of hydrogen-bond donors (Lipinski definition) is 3. The third-order valence-electron chi connectivity index (χ3n) is 5.95. The second-order valence-electron chi connectivity index (χ2n) is 9.76. The molecule has 0 saturated carbocycles. The Kier molecular flexibility index (Phi) is 8.42. The van der Waals surface area contributed by atoms with Crippen molar-refractivity contribution in [3.8, 4) is 11.3 Å². The number of aliphatic hydroxyl groups is 1. The highest BCUT2D eigenvalue weighted by atomic mass is 16.4. The number of aliphatic hydroxyl groups excluding tert-OH is 1. The van der Waals surface area contributed by atoms with Crippen LogP contribution in [0, 0.1) is 0 Å². The zero-order valence-corrected chi connectivity index (χ0v) is 20.1. The predicted octanol–water partition coefficient (Wildman–Crippen LogP) is 4.76. The quantitative estimate of drug-likeness (QED) is 0.427. The first-order valence-corrected chi connectivity index (χ1v) is 11.7. The van der Waals surface area contributed by atoms with Crippen LogP contribution in [0.3, 0.4) is 0 Å². The van der Waals surface area contributed by atoms with Gasteiger partial charge in [0, 0.05) is 23.3 Å². The Morgan fingerprint density at radius 1 is 0.941 bits per heavy atom. The van der Waals surface area contributed by atoms with E-state index in [9.17, 15) is 15.0 Å². The van der Waals surface area contributed by atoms with Gasteiger partial charge in [0.15, 0.2) is 0 Å². The standard InChI is InChI=1S/C28H35N3O3/c1-28(2,3)31(27(33)34)25(18-20-9-5-4-6-10-20)26(32)19-23(29)17-21-12-14-22(15-13-21)24-11-7-8-16-30-24/h4-16,23,25-26,32H,17-19,29H2,1-3H3,(H,33,34)/t23?,25-,26+/m0/s1. The molecule has 6 heteroatoms. The van der Waals surface area contributed by atoms with Gasteiger partial charge in [-0.15, -0.1) is 0 Å². The molecule has 3 aromatic rings. The van der Waals surface area contributed by atoms with Crippen LogP contribution in [0.5, 0.6) is 0 Å². The minimum absolute atomic E-state index is 0.291. The van der Waals surface area contributed by atoms with Crippen molar-refractivity contribution in [3.63, 3.8) is 0 Å².